The Kier molecular flexibility index (Phi) is 4.44. The average molecular weight is 448 g/mol. The number of hydrogen-bond acceptors (Lipinski definition) is 8. The van der Waals surface area contributed by atoms with Gasteiger partial charge in [-0.25, -0.2) is 14.4 Å². The largest absolute Gasteiger partial charge is 0.383 e. The van der Waals surface area contributed by atoms with E-state index in [9.17, 15) is 14.0 Å². The minimum atomic E-state index is -1.69. The molecule has 5 rings (SSSR count). The first-order valence-electron chi connectivity index (χ1n) is 9.80. The van der Waals surface area contributed by atoms with Gasteiger partial charge >= 0.3 is 0 Å². The third-order valence-corrected chi connectivity index (χ3v) is 5.60. The molecule has 166 valence electrons. The second-order valence-corrected chi connectivity index (χ2v) is 7.65. The number of carbonyl (C=O) groups excluding carboxylic acids is 2. The number of carbonyl (C=O) groups is 2. The summed E-state index contributed by atoms with van der Waals surface area (Å²) in [5.74, 6) is -1.80. The van der Waals surface area contributed by atoms with Crippen LogP contribution < -0.4 is 16.8 Å². The zero-order chi connectivity index (χ0) is 23.3. The van der Waals surface area contributed by atoms with Crippen LogP contribution in [-0.2, 0) is 21.5 Å². The van der Waals surface area contributed by atoms with Gasteiger partial charge in [-0.2, -0.15) is 5.10 Å². The monoisotopic (exact) mass is 448 g/mol. The maximum absolute atomic E-state index is 14.3. The van der Waals surface area contributed by atoms with Gasteiger partial charge in [-0.15, -0.1) is 0 Å². The van der Waals surface area contributed by atoms with Crippen LogP contribution >= 0.6 is 0 Å². The summed E-state index contributed by atoms with van der Waals surface area (Å²) < 4.78 is 20.7. The van der Waals surface area contributed by atoms with Crippen molar-refractivity contribution < 1.29 is 18.5 Å². The number of benzene rings is 1. The van der Waals surface area contributed by atoms with Crippen LogP contribution in [0.3, 0.4) is 0 Å². The Hall–Kier alpha value is -4.61. The van der Waals surface area contributed by atoms with Gasteiger partial charge in [-0.1, -0.05) is 23.4 Å². The highest BCUT2D eigenvalue weighted by molar-refractivity contribution is 6.20. The molecule has 3 aromatic heterocycles. The van der Waals surface area contributed by atoms with Crippen molar-refractivity contribution in [2.75, 3.05) is 11.1 Å². The van der Waals surface area contributed by atoms with E-state index >= 15 is 0 Å². The van der Waals surface area contributed by atoms with E-state index < -0.39 is 17.2 Å². The maximum Gasteiger partial charge on any atom is 0.245 e. The standard InChI is InChI=1S/C21H17FN8O3/c1-21(19(24)31)15-16(23)25-17(26-18(15)27-20(21)32)13-8-14(12-6-7-33-29-12)30(28-13)9-10-4-2-3-5-11(10)22/h2-8H,9H2,1H3,(H2,24,31)(H3,23,25,26,27,32). The fourth-order valence-electron chi connectivity index (χ4n) is 3.74. The van der Waals surface area contributed by atoms with Crippen LogP contribution in [-0.4, -0.2) is 36.7 Å². The lowest BCUT2D eigenvalue weighted by Crippen LogP contribution is -2.44. The van der Waals surface area contributed by atoms with Gasteiger partial charge in [0.15, 0.2) is 11.2 Å². The summed E-state index contributed by atoms with van der Waals surface area (Å²) in [4.78, 5) is 33.0. The van der Waals surface area contributed by atoms with Gasteiger partial charge in [-0.05, 0) is 19.1 Å². The lowest BCUT2D eigenvalue weighted by atomic mass is 9.84. The summed E-state index contributed by atoms with van der Waals surface area (Å²) in [5, 5.41) is 11.0. The molecule has 5 N–H and O–H groups in total. The number of hydrogen-bond donors (Lipinski definition) is 3. The Balaban J connectivity index is 1.62. The van der Waals surface area contributed by atoms with Crippen molar-refractivity contribution in [3.8, 4) is 22.9 Å². The summed E-state index contributed by atoms with van der Waals surface area (Å²) in [6.07, 6.45) is 1.40. The van der Waals surface area contributed by atoms with Crippen molar-refractivity contribution >= 4 is 23.5 Å². The lowest BCUT2D eigenvalue weighted by Gasteiger charge is -2.18. The molecule has 0 saturated heterocycles. The Bertz CT molecular complexity index is 1420. The molecule has 4 heterocycles. The van der Waals surface area contributed by atoms with Crippen molar-refractivity contribution in [3.05, 3.63) is 59.6 Å². The zero-order valence-electron chi connectivity index (χ0n) is 17.2. The number of aromatic nitrogens is 5. The highest BCUT2D eigenvalue weighted by Crippen LogP contribution is 2.40. The number of anilines is 2. The van der Waals surface area contributed by atoms with Crippen molar-refractivity contribution in [1.82, 2.24) is 24.9 Å². The molecular weight excluding hydrogens is 431 g/mol. The van der Waals surface area contributed by atoms with E-state index in [1.54, 1.807) is 30.3 Å². The number of primary amides is 1. The van der Waals surface area contributed by atoms with E-state index in [1.807, 2.05) is 0 Å². The Morgan fingerprint density at radius 3 is 2.73 bits per heavy atom. The fourth-order valence-corrected chi connectivity index (χ4v) is 3.74. The summed E-state index contributed by atoms with van der Waals surface area (Å²) in [6.45, 7) is 1.47. The third-order valence-electron chi connectivity index (χ3n) is 5.60. The first kappa shape index (κ1) is 20.3. The van der Waals surface area contributed by atoms with Gasteiger partial charge in [0.1, 0.15) is 35.1 Å². The van der Waals surface area contributed by atoms with E-state index in [1.165, 1.54) is 23.9 Å². The second kappa shape index (κ2) is 7.22. The second-order valence-electron chi connectivity index (χ2n) is 7.65. The van der Waals surface area contributed by atoms with Crippen LogP contribution in [0.5, 0.6) is 0 Å². The molecule has 0 fully saturated rings. The minimum absolute atomic E-state index is 0.0791. The summed E-state index contributed by atoms with van der Waals surface area (Å²) in [6, 6.07) is 9.60. The zero-order valence-corrected chi connectivity index (χ0v) is 17.2. The number of nitrogens with zero attached hydrogens (tertiary/aromatic N) is 5. The molecule has 0 radical (unpaired) electrons. The summed E-state index contributed by atoms with van der Waals surface area (Å²) in [5.41, 5.74) is 11.7. The molecule has 11 nitrogen and oxygen atoms in total. The van der Waals surface area contributed by atoms with Gasteiger partial charge in [-0.3, -0.25) is 14.3 Å². The van der Waals surface area contributed by atoms with Crippen LogP contribution in [0.1, 0.15) is 18.1 Å². The Morgan fingerprint density at radius 1 is 1.24 bits per heavy atom. The van der Waals surface area contributed by atoms with Crippen LogP contribution in [0, 0.1) is 5.82 Å². The van der Waals surface area contributed by atoms with E-state index in [0.717, 1.165) is 0 Å². The van der Waals surface area contributed by atoms with Crippen molar-refractivity contribution in [2.45, 2.75) is 18.9 Å². The quantitative estimate of drug-likeness (QED) is 0.386. The van der Waals surface area contributed by atoms with Gasteiger partial charge in [0.25, 0.3) is 0 Å². The average Bonchev–Trinajstić information content (AvgIpc) is 3.49. The van der Waals surface area contributed by atoms with Gasteiger partial charge in [0.2, 0.25) is 11.8 Å². The number of nitrogens with two attached hydrogens (primary N) is 2. The molecular formula is C21H17FN8O3. The summed E-state index contributed by atoms with van der Waals surface area (Å²) in [7, 11) is 0. The molecule has 2 amide bonds. The topological polar surface area (TPSA) is 168 Å². The molecule has 1 unspecified atom stereocenters. The molecule has 1 atom stereocenters. The predicted octanol–water partition coefficient (Wildman–Crippen LogP) is 1.46. The van der Waals surface area contributed by atoms with Gasteiger partial charge in [0.05, 0.1) is 17.8 Å². The highest BCUT2D eigenvalue weighted by Gasteiger charge is 2.51. The number of halogens is 1. The summed E-state index contributed by atoms with van der Waals surface area (Å²) >= 11 is 0. The first-order valence-corrected chi connectivity index (χ1v) is 9.80. The lowest BCUT2D eigenvalue weighted by molar-refractivity contribution is -0.131. The van der Waals surface area contributed by atoms with Crippen LogP contribution in [0.15, 0.2) is 47.2 Å². The number of nitrogen functional groups attached to an aromatic ring is 1. The molecule has 0 saturated carbocycles. The first-order chi connectivity index (χ1) is 15.8. The van der Waals surface area contributed by atoms with Crippen LogP contribution in [0.2, 0.25) is 0 Å². The molecule has 0 aliphatic carbocycles. The molecule has 1 aromatic carbocycles. The molecule has 1 aliphatic heterocycles. The molecule has 4 aromatic rings. The fraction of sp³-hybridized carbons (Fsp3) is 0.143. The molecule has 12 heteroatoms. The molecule has 1 aliphatic rings. The van der Waals surface area contributed by atoms with Crippen molar-refractivity contribution in [1.29, 1.82) is 0 Å². The number of fused-ring (bicyclic) bond motifs is 1. The maximum atomic E-state index is 14.3. The SMILES string of the molecule is CC1(C(N)=O)C(=O)Nc2nc(-c3cc(-c4ccon4)n(Cc4ccccc4F)n3)nc(N)c21. The minimum Gasteiger partial charge on any atom is -0.383 e. The Morgan fingerprint density at radius 2 is 2.03 bits per heavy atom. The molecule has 0 bridgehead atoms. The van der Waals surface area contributed by atoms with E-state index in [-0.39, 0.29) is 35.4 Å². The van der Waals surface area contributed by atoms with Crippen molar-refractivity contribution in [2.24, 2.45) is 5.73 Å². The van der Waals surface area contributed by atoms with E-state index in [2.05, 4.69) is 25.5 Å². The van der Waals surface area contributed by atoms with Gasteiger partial charge in [0, 0.05) is 11.6 Å². The molecule has 33 heavy (non-hydrogen) atoms. The van der Waals surface area contributed by atoms with Crippen molar-refractivity contribution in [3.63, 3.8) is 0 Å². The smallest absolute Gasteiger partial charge is 0.245 e. The van der Waals surface area contributed by atoms with E-state index in [0.29, 0.717) is 22.6 Å². The number of amides is 2. The Labute approximate surface area is 185 Å². The molecule has 0 spiro atoms. The normalized spacial score (nSPS) is 17.1. The van der Waals surface area contributed by atoms with Crippen LogP contribution in [0.4, 0.5) is 16.0 Å². The van der Waals surface area contributed by atoms with Gasteiger partial charge < -0.3 is 21.3 Å². The predicted molar refractivity (Wildman–Crippen MR) is 114 cm³/mol. The van der Waals surface area contributed by atoms with Crippen LogP contribution in [0.25, 0.3) is 22.9 Å². The van der Waals surface area contributed by atoms with E-state index in [4.69, 9.17) is 16.0 Å². The highest BCUT2D eigenvalue weighted by atomic mass is 19.1. The number of nitrogens with one attached hydrogen (secondary N) is 1. The number of rotatable bonds is 5. The third kappa shape index (κ3) is 3.11.